The van der Waals surface area contributed by atoms with Gasteiger partial charge in [0.05, 0.1) is 17.6 Å². The molecule has 30 heavy (non-hydrogen) atoms. The Morgan fingerprint density at radius 3 is 2.67 bits per heavy atom. The maximum atomic E-state index is 12.9. The van der Waals surface area contributed by atoms with Gasteiger partial charge in [0.1, 0.15) is 16.4 Å². The number of rotatable bonds is 6. The van der Waals surface area contributed by atoms with Gasteiger partial charge in [0.25, 0.3) is 5.56 Å². The van der Waals surface area contributed by atoms with Gasteiger partial charge in [-0.3, -0.25) is 9.69 Å². The zero-order valence-electron chi connectivity index (χ0n) is 17.9. The highest BCUT2D eigenvalue weighted by atomic mass is 32.1. The number of hydrogen-bond acceptors (Lipinski definition) is 6. The van der Waals surface area contributed by atoms with Crippen LogP contribution in [-0.4, -0.2) is 46.2 Å². The fourth-order valence-electron chi connectivity index (χ4n) is 4.12. The summed E-state index contributed by atoms with van der Waals surface area (Å²) in [5.41, 5.74) is 2.04. The van der Waals surface area contributed by atoms with Crippen molar-refractivity contribution in [2.24, 2.45) is 5.92 Å². The number of aromatic hydroxyl groups is 1. The molecule has 3 aromatic rings. The molecule has 0 bridgehead atoms. The van der Waals surface area contributed by atoms with Gasteiger partial charge in [-0.15, -0.1) is 11.3 Å². The summed E-state index contributed by atoms with van der Waals surface area (Å²) in [5, 5.41) is 10.9. The first kappa shape index (κ1) is 20.9. The van der Waals surface area contributed by atoms with E-state index < -0.39 is 0 Å². The van der Waals surface area contributed by atoms with E-state index in [4.69, 9.17) is 4.98 Å². The van der Waals surface area contributed by atoms with Crippen molar-refractivity contribution in [1.29, 1.82) is 0 Å². The third-order valence-corrected chi connectivity index (χ3v) is 7.17. The molecule has 1 saturated heterocycles. The van der Waals surface area contributed by atoms with Crippen LogP contribution in [0.4, 0.5) is 5.69 Å². The molecule has 2 aromatic heterocycles. The van der Waals surface area contributed by atoms with E-state index >= 15 is 0 Å². The number of hydrogen-bond donors (Lipinski definition) is 2. The van der Waals surface area contributed by atoms with E-state index in [-0.39, 0.29) is 5.56 Å². The first-order valence-corrected chi connectivity index (χ1v) is 11.5. The molecule has 3 heterocycles. The molecule has 0 radical (unpaired) electrons. The lowest BCUT2D eigenvalue weighted by atomic mass is 9.98. The van der Waals surface area contributed by atoms with Crippen LogP contribution in [-0.2, 0) is 13.0 Å². The summed E-state index contributed by atoms with van der Waals surface area (Å²) in [4.78, 5) is 27.3. The van der Waals surface area contributed by atoms with Crippen molar-refractivity contribution in [1.82, 2.24) is 14.9 Å². The van der Waals surface area contributed by atoms with Crippen molar-refractivity contribution in [3.05, 3.63) is 50.9 Å². The minimum atomic E-state index is -0.00880. The molecule has 160 valence electrons. The second kappa shape index (κ2) is 8.78. The fraction of sp³-hybridized carbons (Fsp3) is 0.478. The highest BCUT2D eigenvalue weighted by Gasteiger charge is 2.21. The zero-order chi connectivity index (χ0) is 21.3. The molecular formula is C23H30N4O2S. The Labute approximate surface area is 181 Å². The van der Waals surface area contributed by atoms with Crippen molar-refractivity contribution in [2.45, 2.75) is 40.2 Å². The number of benzene rings is 1. The predicted octanol–water partition coefficient (Wildman–Crippen LogP) is 3.91. The van der Waals surface area contributed by atoms with Gasteiger partial charge in [0, 0.05) is 31.1 Å². The van der Waals surface area contributed by atoms with E-state index in [2.05, 4.69) is 35.6 Å². The molecule has 1 aliphatic heterocycles. The van der Waals surface area contributed by atoms with E-state index in [0.29, 0.717) is 18.2 Å². The average molecular weight is 427 g/mol. The maximum Gasteiger partial charge on any atom is 0.259 e. The van der Waals surface area contributed by atoms with Gasteiger partial charge >= 0.3 is 0 Å². The second-order valence-corrected chi connectivity index (χ2v) is 9.50. The Balaban J connectivity index is 1.47. The van der Waals surface area contributed by atoms with Crippen LogP contribution in [0.1, 0.15) is 36.5 Å². The number of phenols is 1. The Kier molecular flexibility index (Phi) is 6.11. The van der Waals surface area contributed by atoms with Crippen molar-refractivity contribution in [3.63, 3.8) is 0 Å². The molecule has 4 rings (SSSR count). The molecule has 2 N–H and O–H groups in total. The van der Waals surface area contributed by atoms with Gasteiger partial charge in [-0.25, -0.2) is 4.98 Å². The minimum Gasteiger partial charge on any atom is -0.506 e. The van der Waals surface area contributed by atoms with Crippen LogP contribution in [0, 0.1) is 12.8 Å². The molecule has 6 nitrogen and oxygen atoms in total. The fourth-order valence-corrected chi connectivity index (χ4v) is 5.20. The van der Waals surface area contributed by atoms with Crippen LogP contribution in [0.25, 0.3) is 10.2 Å². The van der Waals surface area contributed by atoms with Crippen molar-refractivity contribution in [2.75, 3.05) is 31.1 Å². The SMILES string of the molecule is CC[C@H](C)Cc1c(C)sc2nc(CN3CCN(c4ccccc4O)CC3)[nH]c(=O)c12. The predicted molar refractivity (Wildman–Crippen MR) is 124 cm³/mol. The molecule has 0 aliphatic carbocycles. The van der Waals surface area contributed by atoms with E-state index in [1.165, 1.54) is 10.4 Å². The van der Waals surface area contributed by atoms with Gasteiger partial charge < -0.3 is 15.0 Å². The number of piperazine rings is 1. The lowest BCUT2D eigenvalue weighted by molar-refractivity contribution is 0.243. The smallest absolute Gasteiger partial charge is 0.259 e. The monoisotopic (exact) mass is 426 g/mol. The molecule has 7 heteroatoms. The Morgan fingerprint density at radius 2 is 1.97 bits per heavy atom. The number of para-hydroxylation sites is 2. The number of anilines is 1. The van der Waals surface area contributed by atoms with Crippen LogP contribution >= 0.6 is 11.3 Å². The Morgan fingerprint density at radius 1 is 1.23 bits per heavy atom. The van der Waals surface area contributed by atoms with E-state index in [9.17, 15) is 9.90 Å². The van der Waals surface area contributed by atoms with Crippen LogP contribution in [0.5, 0.6) is 5.75 Å². The number of thiophene rings is 1. The molecule has 1 aliphatic rings. The number of H-pyrrole nitrogens is 1. The molecular weight excluding hydrogens is 396 g/mol. The van der Waals surface area contributed by atoms with E-state index in [0.717, 1.165) is 60.7 Å². The molecule has 1 aromatic carbocycles. The van der Waals surface area contributed by atoms with Crippen LogP contribution in [0.15, 0.2) is 29.1 Å². The number of nitrogens with one attached hydrogen (secondary N) is 1. The van der Waals surface area contributed by atoms with Crippen molar-refractivity contribution in [3.8, 4) is 5.75 Å². The number of nitrogens with zero attached hydrogens (tertiary/aromatic N) is 3. The third kappa shape index (κ3) is 4.23. The summed E-state index contributed by atoms with van der Waals surface area (Å²) < 4.78 is 0. The second-order valence-electron chi connectivity index (χ2n) is 8.30. The van der Waals surface area contributed by atoms with Crippen molar-refractivity contribution < 1.29 is 5.11 Å². The summed E-state index contributed by atoms with van der Waals surface area (Å²) >= 11 is 1.64. The highest BCUT2D eigenvalue weighted by molar-refractivity contribution is 7.18. The third-order valence-electron chi connectivity index (χ3n) is 6.13. The Bertz CT molecular complexity index is 1080. The van der Waals surface area contributed by atoms with Crippen LogP contribution in [0.3, 0.4) is 0 Å². The maximum absolute atomic E-state index is 12.9. The number of fused-ring (bicyclic) bond motifs is 1. The standard InChI is InChI=1S/C23H30N4O2S/c1-4-15(2)13-17-16(3)30-23-21(17)22(29)24-20(25-23)14-26-9-11-27(12-10-26)18-7-5-6-8-19(18)28/h5-8,15,28H,4,9-14H2,1-3H3,(H,24,25,29)/t15-/m0/s1. The van der Waals surface area contributed by atoms with Crippen molar-refractivity contribution >= 4 is 27.2 Å². The summed E-state index contributed by atoms with van der Waals surface area (Å²) in [6, 6.07) is 7.47. The largest absolute Gasteiger partial charge is 0.506 e. The quantitative estimate of drug-likeness (QED) is 0.625. The number of aromatic nitrogens is 2. The Hall–Kier alpha value is -2.38. The topological polar surface area (TPSA) is 72.5 Å². The molecule has 0 amide bonds. The van der Waals surface area contributed by atoms with Crippen LogP contribution < -0.4 is 10.5 Å². The number of aromatic amines is 1. The zero-order valence-corrected chi connectivity index (χ0v) is 18.8. The van der Waals surface area contributed by atoms with Crippen LogP contribution in [0.2, 0.25) is 0 Å². The molecule has 0 saturated carbocycles. The first-order valence-electron chi connectivity index (χ1n) is 10.7. The molecule has 0 unspecified atom stereocenters. The van der Waals surface area contributed by atoms with E-state index in [1.807, 2.05) is 18.2 Å². The summed E-state index contributed by atoms with van der Waals surface area (Å²) in [6.45, 7) is 10.5. The minimum absolute atomic E-state index is 0.00880. The molecule has 0 spiro atoms. The van der Waals surface area contributed by atoms with Gasteiger partial charge in [-0.1, -0.05) is 32.4 Å². The highest BCUT2D eigenvalue weighted by Crippen LogP contribution is 2.30. The normalized spacial score (nSPS) is 16.3. The number of phenolic OH excluding ortho intramolecular Hbond substituents is 1. The van der Waals surface area contributed by atoms with Gasteiger partial charge in [0.2, 0.25) is 0 Å². The number of aryl methyl sites for hydroxylation is 1. The summed E-state index contributed by atoms with van der Waals surface area (Å²) in [6.07, 6.45) is 2.04. The lowest BCUT2D eigenvalue weighted by Crippen LogP contribution is -2.46. The van der Waals surface area contributed by atoms with Gasteiger partial charge in [-0.2, -0.15) is 0 Å². The molecule has 1 fully saturated rings. The average Bonchev–Trinajstić information content (AvgIpc) is 3.04. The van der Waals surface area contributed by atoms with Gasteiger partial charge in [0.15, 0.2) is 0 Å². The molecule has 1 atom stereocenters. The summed E-state index contributed by atoms with van der Waals surface area (Å²) in [7, 11) is 0. The van der Waals surface area contributed by atoms with Gasteiger partial charge in [-0.05, 0) is 37.0 Å². The summed E-state index contributed by atoms with van der Waals surface area (Å²) in [5.74, 6) is 1.62. The lowest BCUT2D eigenvalue weighted by Gasteiger charge is -2.36. The van der Waals surface area contributed by atoms with E-state index in [1.54, 1.807) is 17.4 Å². The first-order chi connectivity index (χ1) is 14.5.